The topological polar surface area (TPSA) is 52.6 Å². The minimum atomic E-state index is -0.272. The van der Waals surface area contributed by atoms with Crippen molar-refractivity contribution in [3.05, 3.63) is 59.0 Å². The first-order valence-electron chi connectivity index (χ1n) is 9.82. The van der Waals surface area contributed by atoms with Gasteiger partial charge in [0.2, 0.25) is 0 Å². The van der Waals surface area contributed by atoms with Crippen LogP contribution in [0.25, 0.3) is 0 Å². The molecule has 2 aliphatic rings. The van der Waals surface area contributed by atoms with Gasteiger partial charge < -0.3 is 15.5 Å². The lowest BCUT2D eigenvalue weighted by Gasteiger charge is -2.20. The Balaban J connectivity index is 1.34. The summed E-state index contributed by atoms with van der Waals surface area (Å²) in [5, 5.41) is 7.83. The van der Waals surface area contributed by atoms with Crippen LogP contribution in [-0.4, -0.2) is 42.7 Å². The van der Waals surface area contributed by atoms with Gasteiger partial charge in [-0.2, -0.15) is 0 Å². The molecule has 3 atom stereocenters. The maximum absolute atomic E-state index is 14.0. The number of aliphatic imine (C=N–C) groups is 1. The van der Waals surface area contributed by atoms with Crippen LogP contribution >= 0.6 is 11.6 Å². The number of rotatable bonds is 5. The third-order valence-electron chi connectivity index (χ3n) is 5.27. The summed E-state index contributed by atoms with van der Waals surface area (Å²) in [4.78, 5) is 10.8. The largest absolute Gasteiger partial charge is 0.353 e. The van der Waals surface area contributed by atoms with E-state index in [4.69, 9.17) is 11.6 Å². The fourth-order valence-electron chi connectivity index (χ4n) is 3.80. The molecule has 3 unspecified atom stereocenters. The molecule has 1 saturated heterocycles. The number of anilines is 1. The molecule has 2 aromatic rings. The van der Waals surface area contributed by atoms with Crippen LogP contribution < -0.4 is 15.5 Å². The number of guanidine groups is 1. The van der Waals surface area contributed by atoms with E-state index < -0.39 is 0 Å². The highest BCUT2D eigenvalue weighted by Crippen LogP contribution is 2.41. The lowest BCUT2D eigenvalue weighted by Crippen LogP contribution is -2.45. The van der Waals surface area contributed by atoms with Gasteiger partial charge in [0.05, 0.1) is 0 Å². The van der Waals surface area contributed by atoms with Crippen LogP contribution in [0.1, 0.15) is 31.2 Å². The van der Waals surface area contributed by atoms with Crippen molar-refractivity contribution in [2.24, 2.45) is 4.99 Å². The first kappa shape index (κ1) is 19.0. The fraction of sp³-hybridized carbons (Fsp3) is 0.429. The van der Waals surface area contributed by atoms with E-state index in [2.05, 4.69) is 26.7 Å². The highest BCUT2D eigenvalue weighted by atomic mass is 35.5. The SMILES string of the molecule is CCN=C(NC1CCN(c2ncccc2F)C1)NC1CC1c1cccc(Cl)c1. The van der Waals surface area contributed by atoms with E-state index in [1.165, 1.54) is 11.6 Å². The Labute approximate surface area is 170 Å². The summed E-state index contributed by atoms with van der Waals surface area (Å²) in [5.74, 6) is 1.44. The Morgan fingerprint density at radius 1 is 1.32 bits per heavy atom. The minimum absolute atomic E-state index is 0.211. The molecule has 5 nitrogen and oxygen atoms in total. The normalized spacial score (nSPS) is 24.3. The van der Waals surface area contributed by atoms with Crippen LogP contribution in [0.2, 0.25) is 5.02 Å². The van der Waals surface area contributed by atoms with Crippen LogP contribution in [-0.2, 0) is 0 Å². The lowest BCUT2D eigenvalue weighted by atomic mass is 10.1. The van der Waals surface area contributed by atoms with Crippen molar-refractivity contribution in [2.75, 3.05) is 24.5 Å². The van der Waals surface area contributed by atoms with Crippen molar-refractivity contribution in [1.82, 2.24) is 15.6 Å². The molecule has 0 radical (unpaired) electrons. The summed E-state index contributed by atoms with van der Waals surface area (Å²) >= 11 is 6.12. The Morgan fingerprint density at radius 3 is 3.00 bits per heavy atom. The van der Waals surface area contributed by atoms with E-state index in [1.807, 2.05) is 30.0 Å². The van der Waals surface area contributed by atoms with Crippen LogP contribution in [0.4, 0.5) is 10.2 Å². The van der Waals surface area contributed by atoms with Gasteiger partial charge in [0.15, 0.2) is 17.6 Å². The number of pyridine rings is 1. The highest BCUT2D eigenvalue weighted by Gasteiger charge is 2.39. The van der Waals surface area contributed by atoms with Gasteiger partial charge in [-0.15, -0.1) is 0 Å². The van der Waals surface area contributed by atoms with Crippen molar-refractivity contribution >= 4 is 23.4 Å². The molecule has 2 heterocycles. The molecule has 148 valence electrons. The molecule has 1 aliphatic carbocycles. The van der Waals surface area contributed by atoms with Gasteiger partial charge in [-0.3, -0.25) is 4.99 Å². The summed E-state index contributed by atoms with van der Waals surface area (Å²) < 4.78 is 14.0. The molecule has 1 aromatic carbocycles. The lowest BCUT2D eigenvalue weighted by molar-refractivity contribution is 0.612. The second kappa shape index (κ2) is 8.35. The Kier molecular flexibility index (Phi) is 5.67. The molecule has 28 heavy (non-hydrogen) atoms. The van der Waals surface area contributed by atoms with E-state index >= 15 is 0 Å². The molecule has 0 bridgehead atoms. The van der Waals surface area contributed by atoms with Crippen LogP contribution in [0.3, 0.4) is 0 Å². The van der Waals surface area contributed by atoms with Crippen molar-refractivity contribution in [3.63, 3.8) is 0 Å². The van der Waals surface area contributed by atoms with Crippen molar-refractivity contribution in [3.8, 4) is 0 Å². The van der Waals surface area contributed by atoms with Crippen LogP contribution in [0.15, 0.2) is 47.6 Å². The van der Waals surface area contributed by atoms with Crippen LogP contribution in [0, 0.1) is 5.82 Å². The van der Waals surface area contributed by atoms with Crippen molar-refractivity contribution in [2.45, 2.75) is 37.8 Å². The zero-order chi connectivity index (χ0) is 19.5. The zero-order valence-electron chi connectivity index (χ0n) is 15.9. The number of nitrogens with one attached hydrogen (secondary N) is 2. The molecule has 2 N–H and O–H groups in total. The molecule has 4 rings (SSSR count). The highest BCUT2D eigenvalue weighted by molar-refractivity contribution is 6.30. The predicted molar refractivity (Wildman–Crippen MR) is 112 cm³/mol. The fourth-order valence-corrected chi connectivity index (χ4v) is 4.00. The standard InChI is InChI=1S/C21H25ClFN5/c1-2-24-21(27-19-12-17(19)14-5-3-6-15(22)11-14)26-16-8-10-28(13-16)20-18(23)7-4-9-25-20/h3-7,9,11,16-17,19H,2,8,10,12-13H2,1H3,(H2,24,26,27). The molecular formula is C21H25ClFN5. The smallest absolute Gasteiger partial charge is 0.191 e. The third-order valence-corrected chi connectivity index (χ3v) is 5.51. The summed E-state index contributed by atoms with van der Waals surface area (Å²) in [5.41, 5.74) is 1.26. The maximum atomic E-state index is 14.0. The van der Waals surface area contributed by atoms with E-state index in [9.17, 15) is 4.39 Å². The predicted octanol–water partition coefficient (Wildman–Crippen LogP) is 3.56. The Hall–Kier alpha value is -2.34. The van der Waals surface area contributed by atoms with E-state index in [0.717, 1.165) is 30.4 Å². The molecule has 1 aliphatic heterocycles. The Bertz CT molecular complexity index is 858. The summed E-state index contributed by atoms with van der Waals surface area (Å²) in [7, 11) is 0. The third kappa shape index (κ3) is 4.38. The van der Waals surface area contributed by atoms with Gasteiger partial charge >= 0.3 is 0 Å². The zero-order valence-corrected chi connectivity index (χ0v) is 16.7. The summed E-state index contributed by atoms with van der Waals surface area (Å²) in [6.07, 6.45) is 3.62. The molecule has 1 saturated carbocycles. The average molecular weight is 402 g/mol. The monoisotopic (exact) mass is 401 g/mol. The van der Waals surface area contributed by atoms with Gasteiger partial charge in [0.1, 0.15) is 0 Å². The quantitative estimate of drug-likeness (QED) is 0.594. The van der Waals surface area contributed by atoms with Crippen LogP contribution in [0.5, 0.6) is 0 Å². The van der Waals surface area contributed by atoms with Gasteiger partial charge in [-0.05, 0) is 49.6 Å². The number of halogens is 2. The number of benzene rings is 1. The summed E-state index contributed by atoms with van der Waals surface area (Å²) in [6.45, 7) is 4.21. The maximum Gasteiger partial charge on any atom is 0.191 e. The second-order valence-electron chi connectivity index (χ2n) is 7.36. The molecule has 7 heteroatoms. The van der Waals surface area contributed by atoms with Crippen molar-refractivity contribution < 1.29 is 4.39 Å². The molecule has 0 spiro atoms. The molecule has 2 fully saturated rings. The molecule has 1 aromatic heterocycles. The second-order valence-corrected chi connectivity index (χ2v) is 7.79. The molecular weight excluding hydrogens is 377 g/mol. The number of hydrogen-bond acceptors (Lipinski definition) is 3. The van der Waals surface area contributed by atoms with Gasteiger partial charge in [0.25, 0.3) is 0 Å². The minimum Gasteiger partial charge on any atom is -0.353 e. The molecule has 0 amide bonds. The van der Waals surface area contributed by atoms with Crippen molar-refractivity contribution in [1.29, 1.82) is 0 Å². The van der Waals surface area contributed by atoms with Gasteiger partial charge in [-0.1, -0.05) is 23.7 Å². The van der Waals surface area contributed by atoms with Gasteiger partial charge in [0, 0.05) is 48.9 Å². The number of nitrogens with zero attached hydrogens (tertiary/aromatic N) is 3. The number of hydrogen-bond donors (Lipinski definition) is 2. The first-order chi connectivity index (χ1) is 13.6. The average Bonchev–Trinajstić information content (AvgIpc) is 3.29. The van der Waals surface area contributed by atoms with E-state index in [1.54, 1.807) is 12.3 Å². The summed E-state index contributed by atoms with van der Waals surface area (Å²) in [6, 6.07) is 11.7. The van der Waals surface area contributed by atoms with E-state index in [0.29, 0.717) is 30.9 Å². The van der Waals surface area contributed by atoms with E-state index in [-0.39, 0.29) is 11.9 Å². The first-order valence-corrected chi connectivity index (χ1v) is 10.2. The van der Waals surface area contributed by atoms with Gasteiger partial charge in [-0.25, -0.2) is 9.37 Å². The Morgan fingerprint density at radius 2 is 2.21 bits per heavy atom. The number of aromatic nitrogens is 1.